The molecule has 0 aliphatic rings. The predicted octanol–water partition coefficient (Wildman–Crippen LogP) is 2.39. The Hall–Kier alpha value is -0.130. The van der Waals surface area contributed by atoms with Crippen LogP contribution in [0.25, 0.3) is 0 Å². The largest absolute Gasteiger partial charge is 0.392 e. The Bertz CT molecular complexity index is 367. The molecule has 0 aliphatic heterocycles. The van der Waals surface area contributed by atoms with E-state index in [1.54, 1.807) is 0 Å². The minimum atomic E-state index is -3.27. The van der Waals surface area contributed by atoms with Gasteiger partial charge in [0.2, 0.25) is 10.0 Å². The van der Waals surface area contributed by atoms with Gasteiger partial charge in [-0.15, -0.1) is 0 Å². The van der Waals surface area contributed by atoms with Gasteiger partial charge in [-0.25, -0.2) is 13.1 Å². The molecule has 4 nitrogen and oxygen atoms in total. The third kappa shape index (κ3) is 7.90. The molecule has 0 heterocycles. The Labute approximate surface area is 119 Å². The summed E-state index contributed by atoms with van der Waals surface area (Å²) in [6.07, 6.45) is 0.0907. The van der Waals surface area contributed by atoms with Gasteiger partial charge in [0.15, 0.2) is 0 Å². The summed E-state index contributed by atoms with van der Waals surface area (Å²) in [5.41, 5.74) is -0.468. The molecule has 0 aromatic rings. The van der Waals surface area contributed by atoms with Gasteiger partial charge in [0.1, 0.15) is 0 Å². The fourth-order valence-electron chi connectivity index (χ4n) is 1.82. The van der Waals surface area contributed by atoms with Crippen LogP contribution in [0.1, 0.15) is 54.9 Å². The number of hydrogen-bond donors (Lipinski definition) is 2. The summed E-state index contributed by atoms with van der Waals surface area (Å²) in [4.78, 5) is 0. The minimum absolute atomic E-state index is 0.00170. The molecule has 0 saturated heterocycles. The predicted molar refractivity (Wildman–Crippen MR) is 80.5 cm³/mol. The molecule has 0 aromatic carbocycles. The van der Waals surface area contributed by atoms with Crippen molar-refractivity contribution in [1.82, 2.24) is 4.72 Å². The molecule has 1 atom stereocenters. The number of rotatable bonds is 7. The van der Waals surface area contributed by atoms with E-state index in [1.807, 2.05) is 48.5 Å². The molecular formula is C14H31NO3S. The van der Waals surface area contributed by atoms with Crippen molar-refractivity contribution in [3.8, 4) is 0 Å². The van der Waals surface area contributed by atoms with Crippen LogP contribution in [0.5, 0.6) is 0 Å². The quantitative estimate of drug-likeness (QED) is 0.757. The monoisotopic (exact) mass is 293 g/mol. The van der Waals surface area contributed by atoms with E-state index in [0.29, 0.717) is 6.42 Å². The first-order valence-electron chi connectivity index (χ1n) is 6.92. The van der Waals surface area contributed by atoms with E-state index in [-0.39, 0.29) is 23.6 Å². The van der Waals surface area contributed by atoms with Crippen molar-refractivity contribution < 1.29 is 13.5 Å². The van der Waals surface area contributed by atoms with Crippen molar-refractivity contribution in [3.63, 3.8) is 0 Å². The van der Waals surface area contributed by atoms with E-state index in [0.717, 1.165) is 0 Å². The lowest BCUT2D eigenvalue weighted by molar-refractivity contribution is 0.0166. The van der Waals surface area contributed by atoms with Gasteiger partial charge in [0.25, 0.3) is 0 Å². The molecule has 0 radical (unpaired) electrons. The van der Waals surface area contributed by atoms with E-state index >= 15 is 0 Å². The molecule has 2 N–H and O–H groups in total. The smallest absolute Gasteiger partial charge is 0.211 e. The standard InChI is InChI=1S/C14H31NO3S/c1-11(2)12(16)14(6,7)10-15-19(17,18)9-8-13(3,4)5/h11-12,15-16H,8-10H2,1-7H3. The van der Waals surface area contributed by atoms with Crippen molar-refractivity contribution >= 4 is 10.0 Å². The van der Waals surface area contributed by atoms with Gasteiger partial charge in [0.05, 0.1) is 11.9 Å². The van der Waals surface area contributed by atoms with Crippen LogP contribution in [0.3, 0.4) is 0 Å². The zero-order chi connectivity index (χ0) is 15.5. The van der Waals surface area contributed by atoms with E-state index in [4.69, 9.17) is 0 Å². The SMILES string of the molecule is CC(C)C(O)C(C)(C)CNS(=O)(=O)CCC(C)(C)C. The van der Waals surface area contributed by atoms with Crippen LogP contribution in [-0.4, -0.2) is 31.9 Å². The molecule has 1 unspecified atom stereocenters. The molecular weight excluding hydrogens is 262 g/mol. The fourth-order valence-corrected chi connectivity index (χ4v) is 3.43. The maximum Gasteiger partial charge on any atom is 0.211 e. The first kappa shape index (κ1) is 18.9. The van der Waals surface area contributed by atoms with Crippen molar-refractivity contribution in [3.05, 3.63) is 0 Å². The normalized spacial score (nSPS) is 15.8. The second kappa shape index (κ2) is 6.55. The van der Waals surface area contributed by atoms with Crippen molar-refractivity contribution in [2.45, 2.75) is 61.0 Å². The number of hydrogen-bond acceptors (Lipinski definition) is 3. The lowest BCUT2D eigenvalue weighted by Crippen LogP contribution is -2.44. The second-order valence-electron chi connectivity index (χ2n) is 7.63. The van der Waals surface area contributed by atoms with E-state index in [2.05, 4.69) is 4.72 Å². The highest BCUT2D eigenvalue weighted by atomic mass is 32.2. The summed E-state index contributed by atoms with van der Waals surface area (Å²) in [6, 6.07) is 0. The van der Waals surface area contributed by atoms with Crippen molar-refractivity contribution in [2.24, 2.45) is 16.7 Å². The van der Waals surface area contributed by atoms with Gasteiger partial charge in [0, 0.05) is 12.0 Å². The van der Waals surface area contributed by atoms with Crippen LogP contribution in [0, 0.1) is 16.7 Å². The highest BCUT2D eigenvalue weighted by Gasteiger charge is 2.31. The minimum Gasteiger partial charge on any atom is -0.392 e. The molecule has 0 fully saturated rings. The first-order valence-corrected chi connectivity index (χ1v) is 8.57. The van der Waals surface area contributed by atoms with Crippen LogP contribution in [-0.2, 0) is 10.0 Å². The topological polar surface area (TPSA) is 66.4 Å². The van der Waals surface area contributed by atoms with Crippen LogP contribution >= 0.6 is 0 Å². The average Bonchev–Trinajstić information content (AvgIpc) is 2.22. The highest BCUT2D eigenvalue weighted by Crippen LogP contribution is 2.25. The van der Waals surface area contributed by atoms with Gasteiger partial charge in [-0.3, -0.25) is 0 Å². The van der Waals surface area contributed by atoms with Crippen LogP contribution < -0.4 is 4.72 Å². The molecule has 116 valence electrons. The third-order valence-corrected chi connectivity index (χ3v) is 4.63. The van der Waals surface area contributed by atoms with E-state index in [9.17, 15) is 13.5 Å². The van der Waals surface area contributed by atoms with Crippen LogP contribution in [0.15, 0.2) is 0 Å². The van der Waals surface area contributed by atoms with E-state index in [1.165, 1.54) is 0 Å². The molecule has 0 saturated carbocycles. The van der Waals surface area contributed by atoms with Gasteiger partial charge in [-0.1, -0.05) is 48.5 Å². The number of aliphatic hydroxyl groups is 1. The summed E-state index contributed by atoms with van der Waals surface area (Å²) >= 11 is 0. The van der Waals surface area contributed by atoms with Crippen LogP contribution in [0.2, 0.25) is 0 Å². The van der Waals surface area contributed by atoms with Crippen LogP contribution in [0.4, 0.5) is 0 Å². The third-order valence-electron chi connectivity index (χ3n) is 3.30. The molecule has 0 aromatic heterocycles. The van der Waals surface area contributed by atoms with Gasteiger partial charge < -0.3 is 5.11 Å². The molecule has 0 rings (SSSR count). The Kier molecular flexibility index (Phi) is 6.50. The molecule has 19 heavy (non-hydrogen) atoms. The summed E-state index contributed by atoms with van der Waals surface area (Å²) in [6.45, 7) is 14.0. The molecule has 0 amide bonds. The number of nitrogens with one attached hydrogen (secondary N) is 1. The Balaban J connectivity index is 4.46. The van der Waals surface area contributed by atoms with Gasteiger partial charge in [-0.05, 0) is 17.8 Å². The van der Waals surface area contributed by atoms with Gasteiger partial charge >= 0.3 is 0 Å². The summed E-state index contributed by atoms with van der Waals surface area (Å²) in [7, 11) is -3.27. The summed E-state index contributed by atoms with van der Waals surface area (Å²) < 4.78 is 26.5. The zero-order valence-corrected chi connectivity index (χ0v) is 14.3. The fraction of sp³-hybridized carbons (Fsp3) is 1.00. The average molecular weight is 293 g/mol. The first-order chi connectivity index (χ1) is 8.27. The molecule has 0 bridgehead atoms. The lowest BCUT2D eigenvalue weighted by atomic mass is 9.81. The molecule has 5 heteroatoms. The lowest BCUT2D eigenvalue weighted by Gasteiger charge is -2.33. The second-order valence-corrected chi connectivity index (χ2v) is 9.55. The molecule has 0 spiro atoms. The number of sulfonamides is 1. The maximum absolute atomic E-state index is 11.9. The van der Waals surface area contributed by atoms with E-state index < -0.39 is 21.5 Å². The maximum atomic E-state index is 11.9. The highest BCUT2D eigenvalue weighted by molar-refractivity contribution is 7.89. The number of aliphatic hydroxyl groups excluding tert-OH is 1. The molecule has 0 aliphatic carbocycles. The summed E-state index contributed by atoms with van der Waals surface area (Å²) in [5.74, 6) is 0.235. The Morgan fingerprint density at radius 1 is 1.11 bits per heavy atom. The van der Waals surface area contributed by atoms with Gasteiger partial charge in [-0.2, -0.15) is 0 Å². The zero-order valence-electron chi connectivity index (χ0n) is 13.4. The summed E-state index contributed by atoms with van der Waals surface area (Å²) in [5, 5.41) is 10.1. The Morgan fingerprint density at radius 2 is 1.58 bits per heavy atom. The van der Waals surface area contributed by atoms with Crippen molar-refractivity contribution in [2.75, 3.05) is 12.3 Å². The Morgan fingerprint density at radius 3 is 1.95 bits per heavy atom. The van der Waals surface area contributed by atoms with Crippen molar-refractivity contribution in [1.29, 1.82) is 0 Å².